The Hall–Kier alpha value is -3.43. The molecule has 1 aliphatic heterocycles. The molecule has 1 aliphatic rings. The Labute approximate surface area is 163 Å². The Morgan fingerprint density at radius 3 is 2.41 bits per heavy atom. The van der Waals surface area contributed by atoms with Crippen molar-refractivity contribution in [2.24, 2.45) is 0 Å². The number of hydrogen-bond acceptors (Lipinski definition) is 4. The summed E-state index contributed by atoms with van der Waals surface area (Å²) in [4.78, 5) is 41.1. The van der Waals surface area contributed by atoms with Crippen LogP contribution in [0, 0.1) is 0 Å². The molecule has 1 aromatic heterocycles. The number of imide groups is 1. The third kappa shape index (κ3) is 4.20. The van der Waals surface area contributed by atoms with Gasteiger partial charge in [-0.25, -0.2) is 4.79 Å². The number of aromatic nitrogens is 1. The quantitative estimate of drug-likeness (QED) is 0.719. The van der Waals surface area contributed by atoms with Crippen molar-refractivity contribution in [3.8, 4) is 0 Å². The van der Waals surface area contributed by atoms with Gasteiger partial charge in [-0.05, 0) is 23.6 Å². The van der Waals surface area contributed by atoms with E-state index in [1.54, 1.807) is 41.0 Å². The number of amides is 4. The summed E-state index contributed by atoms with van der Waals surface area (Å²) in [6, 6.07) is 10.5. The van der Waals surface area contributed by atoms with E-state index in [4.69, 9.17) is 0 Å². The summed E-state index contributed by atoms with van der Waals surface area (Å²) in [5.41, 5.74) is -2.38. The lowest BCUT2D eigenvalue weighted by molar-refractivity contribution is -0.204. The smallest absolute Gasteiger partial charge is 0.318 e. The summed E-state index contributed by atoms with van der Waals surface area (Å²) >= 11 is 0. The summed E-state index contributed by atoms with van der Waals surface area (Å²) in [6.07, 6.45) is -2.56. The molecule has 0 saturated carbocycles. The minimum Gasteiger partial charge on any atom is -0.318 e. The van der Waals surface area contributed by atoms with Gasteiger partial charge in [-0.2, -0.15) is 13.2 Å². The van der Waals surface area contributed by atoms with E-state index in [-0.39, 0.29) is 12.8 Å². The summed E-state index contributed by atoms with van der Waals surface area (Å²) in [5.74, 6) is -2.60. The molecule has 7 nitrogen and oxygen atoms in total. The zero-order valence-electron chi connectivity index (χ0n) is 15.1. The Balaban J connectivity index is 1.77. The number of hydrogen-bond donors (Lipinski definition) is 2. The zero-order chi connectivity index (χ0) is 21.1. The van der Waals surface area contributed by atoms with Crippen molar-refractivity contribution in [1.29, 1.82) is 0 Å². The van der Waals surface area contributed by atoms with Crippen molar-refractivity contribution >= 4 is 17.8 Å². The van der Waals surface area contributed by atoms with E-state index in [1.807, 2.05) is 0 Å². The van der Waals surface area contributed by atoms with Gasteiger partial charge >= 0.3 is 12.2 Å². The van der Waals surface area contributed by atoms with Crippen molar-refractivity contribution < 1.29 is 27.6 Å². The van der Waals surface area contributed by atoms with Crippen LogP contribution in [0.25, 0.3) is 0 Å². The molecule has 0 aliphatic carbocycles. The van der Waals surface area contributed by atoms with Crippen LogP contribution >= 0.6 is 0 Å². The van der Waals surface area contributed by atoms with Gasteiger partial charge < -0.3 is 5.32 Å². The van der Waals surface area contributed by atoms with Crippen LogP contribution < -0.4 is 10.6 Å². The number of halogens is 3. The van der Waals surface area contributed by atoms with Crippen molar-refractivity contribution in [1.82, 2.24) is 20.5 Å². The third-order valence-corrected chi connectivity index (χ3v) is 4.40. The summed E-state index contributed by atoms with van der Waals surface area (Å²) in [7, 11) is 0. The van der Waals surface area contributed by atoms with Crippen molar-refractivity contribution in [3.63, 3.8) is 0 Å². The number of nitrogens with one attached hydrogen (secondary N) is 2. The summed E-state index contributed by atoms with van der Waals surface area (Å²) in [5, 5.41) is 3.31. The van der Waals surface area contributed by atoms with E-state index in [0.29, 0.717) is 10.5 Å². The first-order valence-electron chi connectivity index (χ1n) is 8.67. The zero-order valence-corrected chi connectivity index (χ0v) is 15.1. The number of carbonyl (C=O) groups is 3. The van der Waals surface area contributed by atoms with Gasteiger partial charge in [0.15, 0.2) is 0 Å². The highest BCUT2D eigenvalue weighted by Gasteiger charge is 2.68. The predicted octanol–water partition coefficient (Wildman–Crippen LogP) is 2.14. The maximum absolute atomic E-state index is 13.8. The average molecular weight is 406 g/mol. The molecule has 1 atom stereocenters. The second-order valence-corrected chi connectivity index (χ2v) is 6.46. The fourth-order valence-electron chi connectivity index (χ4n) is 2.92. The molecule has 1 fully saturated rings. The topological polar surface area (TPSA) is 91.4 Å². The second kappa shape index (κ2) is 7.90. The molecule has 0 unspecified atom stereocenters. The van der Waals surface area contributed by atoms with Crippen LogP contribution in [-0.2, 0) is 22.6 Å². The Kier molecular flexibility index (Phi) is 5.53. The van der Waals surface area contributed by atoms with Crippen LogP contribution in [0.15, 0.2) is 54.9 Å². The van der Waals surface area contributed by atoms with E-state index >= 15 is 0 Å². The van der Waals surface area contributed by atoms with Crippen LogP contribution in [0.2, 0.25) is 0 Å². The van der Waals surface area contributed by atoms with Gasteiger partial charge in [-0.1, -0.05) is 36.4 Å². The van der Waals surface area contributed by atoms with Gasteiger partial charge in [0.1, 0.15) is 0 Å². The number of aryl methyl sites for hydroxylation is 1. The first kappa shape index (κ1) is 20.3. The molecule has 1 saturated heterocycles. The van der Waals surface area contributed by atoms with E-state index in [1.165, 1.54) is 24.5 Å². The van der Waals surface area contributed by atoms with Gasteiger partial charge in [0, 0.05) is 18.8 Å². The molecule has 29 heavy (non-hydrogen) atoms. The molecule has 0 spiro atoms. The average Bonchev–Trinajstić information content (AvgIpc) is 2.93. The lowest BCUT2D eigenvalue weighted by Gasteiger charge is -2.29. The molecular formula is C19H17F3N4O3. The molecule has 2 aromatic rings. The number of pyridine rings is 1. The number of urea groups is 1. The van der Waals surface area contributed by atoms with Crippen LogP contribution in [0.5, 0.6) is 0 Å². The predicted molar refractivity (Wildman–Crippen MR) is 95.0 cm³/mol. The van der Waals surface area contributed by atoms with Gasteiger partial charge in [0.2, 0.25) is 5.91 Å². The number of benzene rings is 1. The minimum absolute atomic E-state index is 0.183. The van der Waals surface area contributed by atoms with Gasteiger partial charge in [-0.3, -0.25) is 24.8 Å². The largest absolute Gasteiger partial charge is 0.440 e. The lowest BCUT2D eigenvalue weighted by atomic mass is 10.1. The molecule has 3 rings (SSSR count). The molecule has 2 N–H and O–H groups in total. The van der Waals surface area contributed by atoms with Gasteiger partial charge in [0.05, 0.1) is 6.54 Å². The highest BCUT2D eigenvalue weighted by atomic mass is 19.4. The second-order valence-electron chi connectivity index (χ2n) is 6.46. The molecule has 0 radical (unpaired) electrons. The van der Waals surface area contributed by atoms with Crippen molar-refractivity contribution in [2.75, 3.05) is 0 Å². The van der Waals surface area contributed by atoms with Gasteiger partial charge in [-0.15, -0.1) is 0 Å². The first-order chi connectivity index (χ1) is 13.7. The highest BCUT2D eigenvalue weighted by molar-refractivity contribution is 6.08. The van der Waals surface area contributed by atoms with Crippen molar-refractivity contribution in [3.05, 3.63) is 66.0 Å². The number of nitrogens with zero attached hydrogens (tertiary/aromatic N) is 2. The monoisotopic (exact) mass is 406 g/mol. The third-order valence-electron chi connectivity index (χ3n) is 4.40. The van der Waals surface area contributed by atoms with E-state index < -0.39 is 36.2 Å². The molecule has 152 valence electrons. The van der Waals surface area contributed by atoms with E-state index in [0.717, 1.165) is 5.56 Å². The molecule has 4 amide bonds. The fraction of sp³-hybridized carbons (Fsp3) is 0.263. The Morgan fingerprint density at radius 2 is 1.79 bits per heavy atom. The van der Waals surface area contributed by atoms with Crippen LogP contribution in [0.1, 0.15) is 17.5 Å². The van der Waals surface area contributed by atoms with E-state index in [2.05, 4.69) is 4.98 Å². The molecule has 10 heteroatoms. The normalized spacial score (nSPS) is 19.2. The van der Waals surface area contributed by atoms with Crippen molar-refractivity contribution in [2.45, 2.75) is 31.2 Å². The lowest BCUT2D eigenvalue weighted by Crippen LogP contribution is -2.69. The number of carbonyl (C=O) groups excluding carboxylic acids is 3. The number of alkyl halides is 3. The first-order valence-corrected chi connectivity index (χ1v) is 8.67. The summed E-state index contributed by atoms with van der Waals surface area (Å²) in [6.45, 7) is -0.407. The van der Waals surface area contributed by atoms with Crippen LogP contribution in [0.3, 0.4) is 0 Å². The molecular weight excluding hydrogens is 389 g/mol. The SMILES string of the molecule is O=C(CCc1ccccc1)N[C@]1(C(F)(F)F)NC(=O)N(Cc2cccnc2)C1=O. The molecule has 1 aromatic carbocycles. The minimum atomic E-state index is -5.23. The Bertz CT molecular complexity index is 906. The number of rotatable bonds is 6. The Morgan fingerprint density at radius 1 is 1.10 bits per heavy atom. The fourth-order valence-corrected chi connectivity index (χ4v) is 2.92. The van der Waals surface area contributed by atoms with E-state index in [9.17, 15) is 27.6 Å². The van der Waals surface area contributed by atoms with Crippen LogP contribution in [0.4, 0.5) is 18.0 Å². The van der Waals surface area contributed by atoms with Crippen LogP contribution in [-0.4, -0.2) is 39.6 Å². The standard InChI is InChI=1S/C19H17F3N4O3/c20-19(21,22)18(24-15(27)9-8-13-5-2-1-3-6-13)16(28)26(17(29)25-18)12-14-7-4-10-23-11-14/h1-7,10-11H,8-9,12H2,(H,24,27)(H,25,29)/t18-/m0/s1. The highest BCUT2D eigenvalue weighted by Crippen LogP contribution is 2.34. The maximum atomic E-state index is 13.8. The molecule has 0 bridgehead atoms. The summed E-state index contributed by atoms with van der Waals surface area (Å²) < 4.78 is 41.4. The van der Waals surface area contributed by atoms with Gasteiger partial charge in [0.25, 0.3) is 11.6 Å². The maximum Gasteiger partial charge on any atom is 0.440 e. The molecule has 2 heterocycles.